The minimum absolute atomic E-state index is 0.771. The first kappa shape index (κ1) is 23.0. The molecule has 148 valence electrons. The van der Waals surface area contributed by atoms with Gasteiger partial charge in [0.2, 0.25) is 0 Å². The van der Waals surface area contributed by atoms with Crippen molar-refractivity contribution in [1.29, 1.82) is 0 Å². The Labute approximate surface area is 164 Å². The Kier molecular flexibility index (Phi) is 13.3. The summed E-state index contributed by atoms with van der Waals surface area (Å²) in [6, 6.07) is 0. The van der Waals surface area contributed by atoms with E-state index in [-0.39, 0.29) is 0 Å². The summed E-state index contributed by atoms with van der Waals surface area (Å²) >= 11 is 0. The Morgan fingerprint density at radius 2 is 1.19 bits per heavy atom. The summed E-state index contributed by atoms with van der Waals surface area (Å²) in [5.74, 6) is 3.52. The summed E-state index contributed by atoms with van der Waals surface area (Å²) in [5, 5.41) is 0. The quantitative estimate of drug-likeness (QED) is 0.301. The normalized spacial score (nSPS) is 28.4. The second-order valence-corrected chi connectivity index (χ2v) is 8.28. The smallest absolute Gasteiger partial charge is 0.0228 e. The molecule has 0 saturated heterocycles. The van der Waals surface area contributed by atoms with E-state index in [1.807, 2.05) is 0 Å². The number of allylic oxidation sites excluding steroid dienone is 6. The maximum atomic E-state index is 3.78. The third-order valence-corrected chi connectivity index (χ3v) is 5.96. The van der Waals surface area contributed by atoms with E-state index in [1.54, 1.807) is 0 Å². The average molecular weight is 357 g/mol. The van der Waals surface area contributed by atoms with Gasteiger partial charge in [-0.1, -0.05) is 76.0 Å². The summed E-state index contributed by atoms with van der Waals surface area (Å²) < 4.78 is 0. The molecule has 0 heterocycles. The van der Waals surface area contributed by atoms with E-state index in [2.05, 4.69) is 63.5 Å². The average Bonchev–Trinajstić information content (AvgIpc) is 3.43. The standard InChI is InChI=1S/C10H20.C9H14.C7H10/c1-3-5-7-9-10-8-6-4-2;1-3-8-5-6-9(4-2)7-8;1-2-7-4-3-6(1)5-7/h9-10H,3-8H2,1-2H3;3-4,8-9H,1-2,5-7H2;1-2,6-7H,3-5H2/b10-9+;;. The van der Waals surface area contributed by atoms with Gasteiger partial charge in [0, 0.05) is 0 Å². The molecule has 26 heavy (non-hydrogen) atoms. The second kappa shape index (κ2) is 15.1. The van der Waals surface area contributed by atoms with E-state index < -0.39 is 0 Å². The molecule has 0 aliphatic heterocycles. The van der Waals surface area contributed by atoms with E-state index in [4.69, 9.17) is 0 Å². The molecule has 0 aromatic carbocycles. The van der Waals surface area contributed by atoms with E-state index in [9.17, 15) is 0 Å². The predicted molar refractivity (Wildman–Crippen MR) is 119 cm³/mol. The van der Waals surface area contributed by atoms with Gasteiger partial charge in [-0.05, 0) is 75.0 Å². The van der Waals surface area contributed by atoms with Crippen LogP contribution in [0, 0.1) is 23.7 Å². The number of hydrogen-bond donors (Lipinski definition) is 0. The number of hydrogen-bond acceptors (Lipinski definition) is 0. The fraction of sp³-hybridized carbons (Fsp3) is 0.692. The van der Waals surface area contributed by atoms with Crippen molar-refractivity contribution in [2.75, 3.05) is 0 Å². The molecule has 0 aromatic heterocycles. The van der Waals surface area contributed by atoms with Crippen molar-refractivity contribution in [3.8, 4) is 0 Å². The van der Waals surface area contributed by atoms with Crippen LogP contribution >= 0.6 is 0 Å². The largest absolute Gasteiger partial charge is 0.103 e. The summed E-state index contributed by atoms with van der Waals surface area (Å²) in [6.45, 7) is 12.0. The van der Waals surface area contributed by atoms with Crippen molar-refractivity contribution >= 4 is 0 Å². The molecule has 3 aliphatic rings. The third-order valence-electron chi connectivity index (χ3n) is 5.96. The summed E-state index contributed by atoms with van der Waals surface area (Å²) in [5.41, 5.74) is 0. The van der Waals surface area contributed by atoms with Crippen LogP contribution in [0.4, 0.5) is 0 Å². The van der Waals surface area contributed by atoms with Crippen molar-refractivity contribution < 1.29 is 0 Å². The van der Waals surface area contributed by atoms with Gasteiger partial charge in [-0.15, -0.1) is 13.2 Å². The second-order valence-electron chi connectivity index (χ2n) is 8.28. The first-order valence-electron chi connectivity index (χ1n) is 11.3. The molecule has 2 fully saturated rings. The highest BCUT2D eigenvalue weighted by Crippen LogP contribution is 2.38. The van der Waals surface area contributed by atoms with Crippen LogP contribution in [0.25, 0.3) is 0 Å². The molecule has 0 amide bonds. The molecule has 2 bridgehead atoms. The van der Waals surface area contributed by atoms with Crippen molar-refractivity contribution in [3.05, 3.63) is 49.6 Å². The van der Waals surface area contributed by atoms with Gasteiger partial charge < -0.3 is 0 Å². The molecular formula is C26H44. The van der Waals surface area contributed by atoms with Gasteiger partial charge in [-0.25, -0.2) is 0 Å². The van der Waals surface area contributed by atoms with Crippen LogP contribution < -0.4 is 0 Å². The zero-order valence-electron chi connectivity index (χ0n) is 17.7. The lowest BCUT2D eigenvalue weighted by atomic mass is 10.1. The molecule has 2 saturated carbocycles. The molecule has 0 nitrogen and oxygen atoms in total. The number of fused-ring (bicyclic) bond motifs is 2. The van der Waals surface area contributed by atoms with E-state index >= 15 is 0 Å². The molecule has 3 rings (SSSR count). The first-order valence-corrected chi connectivity index (χ1v) is 11.3. The van der Waals surface area contributed by atoms with Crippen LogP contribution in [-0.4, -0.2) is 0 Å². The molecular weight excluding hydrogens is 312 g/mol. The molecule has 0 N–H and O–H groups in total. The Balaban J connectivity index is 0.000000197. The van der Waals surface area contributed by atoms with Gasteiger partial charge in [0.05, 0.1) is 0 Å². The van der Waals surface area contributed by atoms with E-state index in [0.717, 1.165) is 23.7 Å². The Morgan fingerprint density at radius 1 is 0.731 bits per heavy atom. The minimum atomic E-state index is 0.771. The zero-order valence-corrected chi connectivity index (χ0v) is 17.7. The molecule has 3 aliphatic carbocycles. The molecule has 0 radical (unpaired) electrons. The summed E-state index contributed by atoms with van der Waals surface area (Å²) in [4.78, 5) is 0. The topological polar surface area (TPSA) is 0 Å². The van der Waals surface area contributed by atoms with Crippen LogP contribution in [0.15, 0.2) is 49.6 Å². The van der Waals surface area contributed by atoms with Crippen molar-refractivity contribution in [2.24, 2.45) is 23.7 Å². The molecule has 4 atom stereocenters. The van der Waals surface area contributed by atoms with Gasteiger partial charge in [-0.3, -0.25) is 0 Å². The van der Waals surface area contributed by atoms with Crippen LogP contribution in [-0.2, 0) is 0 Å². The van der Waals surface area contributed by atoms with E-state index in [0.29, 0.717) is 0 Å². The fourth-order valence-electron chi connectivity index (χ4n) is 4.08. The number of rotatable bonds is 8. The van der Waals surface area contributed by atoms with Crippen LogP contribution in [0.3, 0.4) is 0 Å². The minimum Gasteiger partial charge on any atom is -0.103 e. The van der Waals surface area contributed by atoms with Gasteiger partial charge in [0.1, 0.15) is 0 Å². The predicted octanol–water partition coefficient (Wildman–Crippen LogP) is 8.67. The van der Waals surface area contributed by atoms with Crippen LogP contribution in [0.5, 0.6) is 0 Å². The van der Waals surface area contributed by atoms with Crippen molar-refractivity contribution in [1.82, 2.24) is 0 Å². The SMILES string of the molecule is C1=CC2CCC1C2.C=CC1CCC(C=C)C1.CCCC/C=C/CCCC. The highest BCUT2D eigenvalue weighted by Gasteiger charge is 2.25. The molecule has 4 unspecified atom stereocenters. The molecule has 0 spiro atoms. The lowest BCUT2D eigenvalue weighted by Crippen LogP contribution is -1.88. The Bertz CT molecular complexity index is 378. The zero-order chi connectivity index (χ0) is 19.0. The highest BCUT2D eigenvalue weighted by atomic mass is 14.3. The molecule has 0 heteroatoms. The Morgan fingerprint density at radius 3 is 1.42 bits per heavy atom. The maximum Gasteiger partial charge on any atom is -0.0228 e. The lowest BCUT2D eigenvalue weighted by Gasteiger charge is -1.99. The monoisotopic (exact) mass is 356 g/mol. The van der Waals surface area contributed by atoms with Gasteiger partial charge in [0.25, 0.3) is 0 Å². The van der Waals surface area contributed by atoms with Crippen molar-refractivity contribution in [2.45, 2.75) is 90.9 Å². The van der Waals surface area contributed by atoms with Gasteiger partial charge in [-0.2, -0.15) is 0 Å². The summed E-state index contributed by atoms with van der Waals surface area (Å²) in [6.07, 6.45) is 29.8. The number of unbranched alkanes of at least 4 members (excludes halogenated alkanes) is 4. The fourth-order valence-corrected chi connectivity index (χ4v) is 4.08. The summed E-state index contributed by atoms with van der Waals surface area (Å²) in [7, 11) is 0. The third kappa shape index (κ3) is 10.2. The molecule has 0 aromatic rings. The van der Waals surface area contributed by atoms with Crippen LogP contribution in [0.1, 0.15) is 90.9 Å². The van der Waals surface area contributed by atoms with Crippen LogP contribution in [0.2, 0.25) is 0 Å². The maximum absolute atomic E-state index is 3.78. The lowest BCUT2D eigenvalue weighted by molar-refractivity contribution is 0.641. The van der Waals surface area contributed by atoms with Crippen molar-refractivity contribution in [3.63, 3.8) is 0 Å². The van der Waals surface area contributed by atoms with Gasteiger partial charge >= 0.3 is 0 Å². The van der Waals surface area contributed by atoms with E-state index in [1.165, 1.54) is 77.0 Å². The van der Waals surface area contributed by atoms with Gasteiger partial charge in [0.15, 0.2) is 0 Å². The first-order chi connectivity index (χ1) is 12.7. The Hall–Kier alpha value is -1.04. The highest BCUT2D eigenvalue weighted by molar-refractivity contribution is 5.06.